The van der Waals surface area contributed by atoms with E-state index in [-0.39, 0.29) is 11.3 Å². The van der Waals surface area contributed by atoms with Crippen LogP contribution in [-0.4, -0.2) is 33.2 Å². The molecule has 2 N–H and O–H groups in total. The Balaban J connectivity index is 2.01. The highest BCUT2D eigenvalue weighted by molar-refractivity contribution is 7.92. The fourth-order valence-electron chi connectivity index (χ4n) is 2.30. The van der Waals surface area contributed by atoms with Gasteiger partial charge in [0.2, 0.25) is 10.0 Å². The Morgan fingerprint density at radius 3 is 2.38 bits per heavy atom. The van der Waals surface area contributed by atoms with Crippen molar-refractivity contribution in [2.24, 2.45) is 0 Å². The SMILES string of the molecule is Cc1ccc(NC(=O)COC(=O)c2ccccc2NS(C)(=O)=O)c(C)c1. The Bertz CT molecular complexity index is 938. The van der Waals surface area contributed by atoms with Crippen LogP contribution in [0.2, 0.25) is 0 Å². The van der Waals surface area contributed by atoms with Gasteiger partial charge in [-0.05, 0) is 37.6 Å². The van der Waals surface area contributed by atoms with Gasteiger partial charge >= 0.3 is 5.97 Å². The van der Waals surface area contributed by atoms with Crippen molar-refractivity contribution in [2.75, 3.05) is 22.9 Å². The molecule has 0 aromatic heterocycles. The van der Waals surface area contributed by atoms with Crippen LogP contribution < -0.4 is 10.0 Å². The fourth-order valence-corrected chi connectivity index (χ4v) is 2.88. The normalized spacial score (nSPS) is 10.9. The number of para-hydroxylation sites is 1. The molecule has 0 aliphatic rings. The third kappa shape index (κ3) is 5.59. The summed E-state index contributed by atoms with van der Waals surface area (Å²) in [4.78, 5) is 24.2. The first kappa shape index (κ1) is 19.5. The first-order chi connectivity index (χ1) is 12.2. The summed E-state index contributed by atoms with van der Waals surface area (Å²) in [5, 5.41) is 2.67. The van der Waals surface area contributed by atoms with E-state index in [2.05, 4.69) is 10.0 Å². The van der Waals surface area contributed by atoms with Crippen LogP contribution in [-0.2, 0) is 19.6 Å². The number of ether oxygens (including phenoxy) is 1. The van der Waals surface area contributed by atoms with Crippen LogP contribution in [0.1, 0.15) is 21.5 Å². The molecule has 8 heteroatoms. The standard InChI is InChI=1S/C18H20N2O5S/c1-12-8-9-15(13(2)10-12)19-17(21)11-25-18(22)14-6-4-5-7-16(14)20-26(3,23)24/h4-10,20H,11H2,1-3H3,(H,19,21). The number of sulfonamides is 1. The second kappa shape index (κ2) is 8.01. The number of anilines is 2. The largest absolute Gasteiger partial charge is 0.452 e. The summed E-state index contributed by atoms with van der Waals surface area (Å²) in [6.07, 6.45) is 0.979. The Kier molecular flexibility index (Phi) is 5.99. The molecule has 0 saturated carbocycles. The number of hydrogen-bond donors (Lipinski definition) is 2. The van der Waals surface area contributed by atoms with Crippen LogP contribution >= 0.6 is 0 Å². The van der Waals surface area contributed by atoms with Gasteiger partial charge in [-0.25, -0.2) is 13.2 Å². The number of amides is 1. The predicted molar refractivity (Wildman–Crippen MR) is 99.7 cm³/mol. The molecular weight excluding hydrogens is 356 g/mol. The molecule has 0 spiro atoms. The van der Waals surface area contributed by atoms with E-state index < -0.39 is 28.5 Å². The summed E-state index contributed by atoms with van der Waals surface area (Å²) < 4.78 is 30.0. The molecule has 0 aliphatic heterocycles. The average molecular weight is 376 g/mol. The van der Waals surface area contributed by atoms with E-state index in [1.165, 1.54) is 12.1 Å². The number of carbonyl (C=O) groups is 2. The van der Waals surface area contributed by atoms with Gasteiger partial charge in [-0.1, -0.05) is 29.8 Å². The molecule has 7 nitrogen and oxygen atoms in total. The maximum atomic E-state index is 12.2. The van der Waals surface area contributed by atoms with E-state index >= 15 is 0 Å². The number of rotatable bonds is 6. The highest BCUT2D eigenvalue weighted by Crippen LogP contribution is 2.18. The average Bonchev–Trinajstić information content (AvgIpc) is 2.54. The lowest BCUT2D eigenvalue weighted by Crippen LogP contribution is -2.22. The van der Waals surface area contributed by atoms with Crippen LogP contribution in [0.4, 0.5) is 11.4 Å². The van der Waals surface area contributed by atoms with Crippen molar-refractivity contribution in [3.05, 3.63) is 59.2 Å². The first-order valence-corrected chi connectivity index (χ1v) is 9.66. The van der Waals surface area contributed by atoms with Gasteiger partial charge in [0.25, 0.3) is 5.91 Å². The molecule has 138 valence electrons. The third-order valence-electron chi connectivity index (χ3n) is 3.43. The molecule has 0 saturated heterocycles. The molecule has 1 amide bonds. The molecule has 0 unspecified atom stereocenters. The van der Waals surface area contributed by atoms with Gasteiger partial charge in [0.1, 0.15) is 0 Å². The van der Waals surface area contributed by atoms with Crippen LogP contribution in [0, 0.1) is 13.8 Å². The maximum absolute atomic E-state index is 12.2. The quantitative estimate of drug-likeness (QED) is 0.754. The number of nitrogens with one attached hydrogen (secondary N) is 2. The van der Waals surface area contributed by atoms with Gasteiger partial charge in [-0.15, -0.1) is 0 Å². The Morgan fingerprint density at radius 1 is 1.04 bits per heavy atom. The van der Waals surface area contributed by atoms with Gasteiger partial charge in [0.15, 0.2) is 6.61 Å². The number of aryl methyl sites for hydroxylation is 2. The molecule has 0 atom stereocenters. The van der Waals surface area contributed by atoms with Gasteiger partial charge in [0, 0.05) is 5.69 Å². The molecular formula is C18H20N2O5S. The zero-order valence-electron chi connectivity index (χ0n) is 14.7. The minimum absolute atomic E-state index is 0.0252. The molecule has 0 bridgehead atoms. The number of esters is 1. The van der Waals surface area contributed by atoms with E-state index in [1.54, 1.807) is 18.2 Å². The van der Waals surface area contributed by atoms with Crippen molar-refractivity contribution in [3.63, 3.8) is 0 Å². The van der Waals surface area contributed by atoms with Gasteiger partial charge in [-0.2, -0.15) is 0 Å². The highest BCUT2D eigenvalue weighted by atomic mass is 32.2. The molecule has 0 heterocycles. The molecule has 2 aromatic rings. The molecule has 0 radical (unpaired) electrons. The number of hydrogen-bond acceptors (Lipinski definition) is 5. The molecule has 0 aliphatic carbocycles. The molecule has 26 heavy (non-hydrogen) atoms. The minimum atomic E-state index is -3.55. The number of benzene rings is 2. The second-order valence-electron chi connectivity index (χ2n) is 5.86. The zero-order valence-corrected chi connectivity index (χ0v) is 15.5. The Labute approximate surface area is 152 Å². The second-order valence-corrected chi connectivity index (χ2v) is 7.61. The maximum Gasteiger partial charge on any atom is 0.340 e. The zero-order chi connectivity index (χ0) is 19.3. The van der Waals surface area contributed by atoms with Crippen molar-refractivity contribution >= 4 is 33.3 Å². The highest BCUT2D eigenvalue weighted by Gasteiger charge is 2.16. The van der Waals surface area contributed by atoms with E-state index in [4.69, 9.17) is 4.74 Å². The minimum Gasteiger partial charge on any atom is -0.452 e. The topological polar surface area (TPSA) is 102 Å². The summed E-state index contributed by atoms with van der Waals surface area (Å²) >= 11 is 0. The molecule has 2 rings (SSSR count). The lowest BCUT2D eigenvalue weighted by molar-refractivity contribution is -0.119. The lowest BCUT2D eigenvalue weighted by Gasteiger charge is -2.11. The lowest BCUT2D eigenvalue weighted by atomic mass is 10.1. The Hall–Kier alpha value is -2.87. The fraction of sp³-hybridized carbons (Fsp3) is 0.222. The third-order valence-corrected chi connectivity index (χ3v) is 4.02. The van der Waals surface area contributed by atoms with E-state index in [0.29, 0.717) is 5.69 Å². The predicted octanol–water partition coefficient (Wildman–Crippen LogP) is 2.47. The van der Waals surface area contributed by atoms with Gasteiger partial charge in [-0.3, -0.25) is 9.52 Å². The van der Waals surface area contributed by atoms with Crippen LogP contribution in [0.5, 0.6) is 0 Å². The van der Waals surface area contributed by atoms with Gasteiger partial charge in [0.05, 0.1) is 17.5 Å². The monoisotopic (exact) mass is 376 g/mol. The van der Waals surface area contributed by atoms with Crippen molar-refractivity contribution in [1.29, 1.82) is 0 Å². The van der Waals surface area contributed by atoms with Crippen molar-refractivity contribution in [1.82, 2.24) is 0 Å². The van der Waals surface area contributed by atoms with E-state index in [0.717, 1.165) is 17.4 Å². The number of carbonyl (C=O) groups excluding carboxylic acids is 2. The van der Waals surface area contributed by atoms with Gasteiger partial charge < -0.3 is 10.1 Å². The first-order valence-electron chi connectivity index (χ1n) is 7.77. The summed E-state index contributed by atoms with van der Waals surface area (Å²) in [6.45, 7) is 3.32. The van der Waals surface area contributed by atoms with Crippen molar-refractivity contribution < 1.29 is 22.7 Å². The summed E-state index contributed by atoms with van der Waals surface area (Å²) in [7, 11) is -3.55. The van der Waals surface area contributed by atoms with E-state index in [1.807, 2.05) is 26.0 Å². The summed E-state index contributed by atoms with van der Waals surface area (Å²) in [5.41, 5.74) is 2.72. The Morgan fingerprint density at radius 2 is 1.73 bits per heavy atom. The smallest absolute Gasteiger partial charge is 0.340 e. The van der Waals surface area contributed by atoms with Crippen LogP contribution in [0.15, 0.2) is 42.5 Å². The summed E-state index contributed by atoms with van der Waals surface area (Å²) in [6, 6.07) is 11.6. The molecule has 0 fully saturated rings. The van der Waals surface area contributed by atoms with E-state index in [9.17, 15) is 18.0 Å². The van der Waals surface area contributed by atoms with Crippen molar-refractivity contribution in [3.8, 4) is 0 Å². The van der Waals surface area contributed by atoms with Crippen LogP contribution in [0.3, 0.4) is 0 Å². The van der Waals surface area contributed by atoms with Crippen LogP contribution in [0.25, 0.3) is 0 Å². The van der Waals surface area contributed by atoms with Crippen molar-refractivity contribution in [2.45, 2.75) is 13.8 Å². The molecule has 2 aromatic carbocycles. The summed E-state index contributed by atoms with van der Waals surface area (Å²) in [5.74, 6) is -1.29.